The maximum atomic E-state index is 10.0. The smallest absolute Gasteiger partial charge is 0.0771 e. The van der Waals surface area contributed by atoms with Gasteiger partial charge in [0, 0.05) is 13.2 Å². The summed E-state index contributed by atoms with van der Waals surface area (Å²) in [5.74, 6) is 0. The summed E-state index contributed by atoms with van der Waals surface area (Å²) in [5.41, 5.74) is -0.452. The molecule has 1 aliphatic carbocycles. The van der Waals surface area contributed by atoms with Gasteiger partial charge in [0.05, 0.1) is 18.8 Å². The number of hydrogen-bond acceptors (Lipinski definition) is 4. The van der Waals surface area contributed by atoms with Gasteiger partial charge in [-0.05, 0) is 25.8 Å². The van der Waals surface area contributed by atoms with E-state index in [1.54, 1.807) is 0 Å². The highest BCUT2D eigenvalue weighted by atomic mass is 16.5. The molecule has 1 saturated carbocycles. The summed E-state index contributed by atoms with van der Waals surface area (Å²) in [6.07, 6.45) is 5.09. The van der Waals surface area contributed by atoms with Crippen molar-refractivity contribution in [3.63, 3.8) is 0 Å². The molecule has 4 heteroatoms. The van der Waals surface area contributed by atoms with Gasteiger partial charge in [0.25, 0.3) is 0 Å². The molecule has 0 radical (unpaired) electrons. The van der Waals surface area contributed by atoms with Crippen molar-refractivity contribution in [2.75, 3.05) is 32.9 Å². The zero-order chi connectivity index (χ0) is 11.0. The van der Waals surface area contributed by atoms with Crippen molar-refractivity contribution in [1.82, 2.24) is 5.32 Å². The predicted octanol–water partition coefficient (Wildman–Crippen LogP) is 0.280. The van der Waals surface area contributed by atoms with Crippen molar-refractivity contribution in [3.8, 4) is 0 Å². The van der Waals surface area contributed by atoms with E-state index in [2.05, 4.69) is 5.32 Å². The highest BCUT2D eigenvalue weighted by Crippen LogP contribution is 2.28. The average molecular weight is 217 g/mol. The van der Waals surface area contributed by atoms with Gasteiger partial charge < -0.3 is 20.3 Å². The zero-order valence-corrected chi connectivity index (χ0v) is 9.37. The Labute approximate surface area is 91.6 Å². The molecule has 0 heterocycles. The molecule has 0 saturated heterocycles. The first kappa shape index (κ1) is 12.9. The van der Waals surface area contributed by atoms with Crippen LogP contribution < -0.4 is 5.32 Å². The topological polar surface area (TPSA) is 61.7 Å². The fourth-order valence-electron chi connectivity index (χ4n) is 2.00. The summed E-state index contributed by atoms with van der Waals surface area (Å²) in [4.78, 5) is 0. The second-order valence-electron chi connectivity index (χ2n) is 4.30. The molecule has 0 aromatic rings. The van der Waals surface area contributed by atoms with Crippen molar-refractivity contribution in [2.45, 2.75) is 37.7 Å². The molecule has 90 valence electrons. The highest BCUT2D eigenvalue weighted by Gasteiger charge is 2.30. The van der Waals surface area contributed by atoms with E-state index in [1.807, 2.05) is 0 Å². The molecule has 0 aromatic carbocycles. The largest absolute Gasteiger partial charge is 0.394 e. The lowest BCUT2D eigenvalue weighted by Gasteiger charge is -2.22. The minimum atomic E-state index is -0.452. The molecule has 0 amide bonds. The third kappa shape index (κ3) is 5.47. The Hall–Kier alpha value is -0.160. The summed E-state index contributed by atoms with van der Waals surface area (Å²) < 4.78 is 5.13. The highest BCUT2D eigenvalue weighted by molar-refractivity contribution is 4.85. The Bertz CT molecular complexity index is 158. The van der Waals surface area contributed by atoms with E-state index in [0.29, 0.717) is 19.8 Å². The number of rotatable bonds is 8. The molecular weight excluding hydrogens is 194 g/mol. The molecule has 1 fully saturated rings. The molecule has 15 heavy (non-hydrogen) atoms. The van der Waals surface area contributed by atoms with E-state index < -0.39 is 5.60 Å². The van der Waals surface area contributed by atoms with E-state index in [1.165, 1.54) is 0 Å². The van der Waals surface area contributed by atoms with Crippen molar-refractivity contribution in [2.24, 2.45) is 0 Å². The number of nitrogens with one attached hydrogen (secondary N) is 1. The molecule has 0 bridgehead atoms. The van der Waals surface area contributed by atoms with Crippen LogP contribution in [-0.4, -0.2) is 48.7 Å². The summed E-state index contributed by atoms with van der Waals surface area (Å²) in [6.45, 7) is 2.75. The van der Waals surface area contributed by atoms with Crippen LogP contribution in [0.1, 0.15) is 32.1 Å². The van der Waals surface area contributed by atoms with E-state index in [9.17, 15) is 5.11 Å². The van der Waals surface area contributed by atoms with Crippen LogP contribution in [0.25, 0.3) is 0 Å². The Morgan fingerprint density at radius 1 is 1.20 bits per heavy atom. The fraction of sp³-hybridized carbons (Fsp3) is 1.00. The van der Waals surface area contributed by atoms with Crippen LogP contribution in [-0.2, 0) is 4.74 Å². The molecule has 0 atom stereocenters. The Morgan fingerprint density at radius 3 is 2.60 bits per heavy atom. The van der Waals surface area contributed by atoms with Crippen LogP contribution in [0.4, 0.5) is 0 Å². The number of aliphatic hydroxyl groups excluding tert-OH is 1. The Morgan fingerprint density at radius 2 is 1.93 bits per heavy atom. The molecule has 4 nitrogen and oxygen atoms in total. The summed E-state index contributed by atoms with van der Waals surface area (Å²) in [5, 5.41) is 21.7. The van der Waals surface area contributed by atoms with Crippen LogP contribution in [0.15, 0.2) is 0 Å². The monoisotopic (exact) mass is 217 g/mol. The Kier molecular flexibility index (Phi) is 6.17. The standard InChI is InChI=1S/C11H23NO3/c13-7-9-15-8-3-6-12-10-11(14)4-1-2-5-11/h12-14H,1-10H2. The van der Waals surface area contributed by atoms with Crippen molar-refractivity contribution in [1.29, 1.82) is 0 Å². The van der Waals surface area contributed by atoms with E-state index in [0.717, 1.165) is 38.6 Å². The van der Waals surface area contributed by atoms with E-state index >= 15 is 0 Å². The third-order valence-corrected chi connectivity index (χ3v) is 2.87. The minimum absolute atomic E-state index is 0.0905. The molecule has 1 aliphatic rings. The van der Waals surface area contributed by atoms with Gasteiger partial charge in [-0.2, -0.15) is 0 Å². The lowest BCUT2D eigenvalue weighted by Crippen LogP contribution is -2.38. The molecule has 0 spiro atoms. The molecule has 0 unspecified atom stereocenters. The van der Waals surface area contributed by atoms with E-state index in [4.69, 9.17) is 9.84 Å². The van der Waals surface area contributed by atoms with Crippen LogP contribution in [0.3, 0.4) is 0 Å². The molecular formula is C11H23NO3. The van der Waals surface area contributed by atoms with Gasteiger partial charge in [-0.15, -0.1) is 0 Å². The molecule has 1 rings (SSSR count). The first-order valence-electron chi connectivity index (χ1n) is 5.88. The second kappa shape index (κ2) is 7.17. The van der Waals surface area contributed by atoms with Crippen molar-refractivity contribution in [3.05, 3.63) is 0 Å². The van der Waals surface area contributed by atoms with Crippen molar-refractivity contribution >= 4 is 0 Å². The molecule has 0 aromatic heterocycles. The van der Waals surface area contributed by atoms with Gasteiger partial charge in [0.15, 0.2) is 0 Å². The van der Waals surface area contributed by atoms with Crippen molar-refractivity contribution < 1.29 is 14.9 Å². The minimum Gasteiger partial charge on any atom is -0.394 e. The number of ether oxygens (including phenoxy) is 1. The van der Waals surface area contributed by atoms with Crippen LogP contribution in [0.2, 0.25) is 0 Å². The normalized spacial score (nSPS) is 19.6. The molecule has 0 aliphatic heterocycles. The summed E-state index contributed by atoms with van der Waals surface area (Å²) in [7, 11) is 0. The first-order chi connectivity index (χ1) is 7.27. The molecule has 3 N–H and O–H groups in total. The van der Waals surface area contributed by atoms with Crippen LogP contribution in [0.5, 0.6) is 0 Å². The van der Waals surface area contributed by atoms with Gasteiger partial charge >= 0.3 is 0 Å². The third-order valence-electron chi connectivity index (χ3n) is 2.87. The van der Waals surface area contributed by atoms with Crippen LogP contribution >= 0.6 is 0 Å². The maximum Gasteiger partial charge on any atom is 0.0771 e. The maximum absolute atomic E-state index is 10.0. The zero-order valence-electron chi connectivity index (χ0n) is 9.37. The lowest BCUT2D eigenvalue weighted by atomic mass is 10.0. The second-order valence-corrected chi connectivity index (χ2v) is 4.30. The number of aliphatic hydroxyl groups is 2. The Balaban J connectivity index is 1.88. The van der Waals surface area contributed by atoms with E-state index in [-0.39, 0.29) is 6.61 Å². The summed E-state index contributed by atoms with van der Waals surface area (Å²) >= 11 is 0. The first-order valence-corrected chi connectivity index (χ1v) is 5.88. The fourth-order valence-corrected chi connectivity index (χ4v) is 2.00. The van der Waals surface area contributed by atoms with Gasteiger partial charge in [-0.1, -0.05) is 12.8 Å². The van der Waals surface area contributed by atoms with Gasteiger partial charge in [0.2, 0.25) is 0 Å². The van der Waals surface area contributed by atoms with Gasteiger partial charge in [0.1, 0.15) is 0 Å². The lowest BCUT2D eigenvalue weighted by molar-refractivity contribution is 0.0463. The predicted molar refractivity (Wildman–Crippen MR) is 58.8 cm³/mol. The quantitative estimate of drug-likeness (QED) is 0.511. The summed E-state index contributed by atoms with van der Waals surface area (Å²) in [6, 6.07) is 0. The van der Waals surface area contributed by atoms with Crippen LogP contribution in [0, 0.1) is 0 Å². The SMILES string of the molecule is OCCOCCCNCC1(O)CCCC1. The van der Waals surface area contributed by atoms with Gasteiger partial charge in [-0.25, -0.2) is 0 Å². The number of hydrogen-bond donors (Lipinski definition) is 3. The van der Waals surface area contributed by atoms with Gasteiger partial charge in [-0.3, -0.25) is 0 Å². The average Bonchev–Trinajstić information content (AvgIpc) is 2.64.